The predicted octanol–water partition coefficient (Wildman–Crippen LogP) is 5.42. The molecule has 1 atom stereocenters. The second-order valence-electron chi connectivity index (χ2n) is 5.82. The highest BCUT2D eigenvalue weighted by molar-refractivity contribution is 6.23. The molecule has 1 nitrogen and oxygen atoms in total. The van der Waals surface area contributed by atoms with E-state index in [1.54, 1.807) is 0 Å². The zero-order valence-corrected chi connectivity index (χ0v) is 12.1. The van der Waals surface area contributed by atoms with Crippen LogP contribution in [0, 0.1) is 0 Å². The largest absolute Gasteiger partial charge is 0.388 e. The standard InChI is InChI=1S/C20H18O/c1-2-4-18(21)16-11-9-15-8-7-13-5-3-6-14-10-12-17(16)20(15)19(13)14/h3,5-12,18,21H,2,4H2,1H3/t18-/m1/s1. The van der Waals surface area contributed by atoms with Crippen molar-refractivity contribution >= 4 is 32.3 Å². The zero-order valence-electron chi connectivity index (χ0n) is 12.1. The first-order valence-corrected chi connectivity index (χ1v) is 7.64. The second-order valence-corrected chi connectivity index (χ2v) is 5.82. The van der Waals surface area contributed by atoms with E-state index < -0.39 is 0 Å². The van der Waals surface area contributed by atoms with Crippen LogP contribution in [-0.2, 0) is 0 Å². The summed E-state index contributed by atoms with van der Waals surface area (Å²) in [5.41, 5.74) is 1.06. The number of rotatable bonds is 3. The third-order valence-corrected chi connectivity index (χ3v) is 4.48. The molecule has 21 heavy (non-hydrogen) atoms. The van der Waals surface area contributed by atoms with Crippen LogP contribution < -0.4 is 0 Å². The average Bonchev–Trinajstić information content (AvgIpc) is 2.52. The van der Waals surface area contributed by atoms with Gasteiger partial charge in [0.15, 0.2) is 0 Å². The van der Waals surface area contributed by atoms with Crippen LogP contribution in [0.1, 0.15) is 31.4 Å². The Balaban J connectivity index is 2.15. The lowest BCUT2D eigenvalue weighted by Gasteiger charge is -2.17. The molecule has 0 aliphatic rings. The van der Waals surface area contributed by atoms with Crippen molar-refractivity contribution < 1.29 is 5.11 Å². The maximum Gasteiger partial charge on any atom is 0.0796 e. The Bertz CT molecular complexity index is 907. The molecule has 1 heteroatoms. The first kappa shape index (κ1) is 12.6. The smallest absolute Gasteiger partial charge is 0.0796 e. The molecule has 0 amide bonds. The lowest BCUT2D eigenvalue weighted by atomic mass is 9.90. The van der Waals surface area contributed by atoms with Crippen molar-refractivity contribution in [2.45, 2.75) is 25.9 Å². The molecular formula is C20H18O. The van der Waals surface area contributed by atoms with Crippen LogP contribution in [0.4, 0.5) is 0 Å². The van der Waals surface area contributed by atoms with Crippen molar-refractivity contribution in [1.82, 2.24) is 0 Å². The van der Waals surface area contributed by atoms with E-state index in [2.05, 4.69) is 61.5 Å². The van der Waals surface area contributed by atoms with E-state index in [1.807, 2.05) is 0 Å². The highest BCUT2D eigenvalue weighted by Crippen LogP contribution is 2.38. The van der Waals surface area contributed by atoms with Crippen LogP contribution in [0.15, 0.2) is 54.6 Å². The summed E-state index contributed by atoms with van der Waals surface area (Å²) in [6.45, 7) is 2.11. The van der Waals surface area contributed by atoms with Gasteiger partial charge in [-0.3, -0.25) is 0 Å². The molecule has 0 saturated carbocycles. The molecule has 0 fully saturated rings. The maximum atomic E-state index is 10.5. The number of aliphatic hydroxyl groups excluding tert-OH is 1. The summed E-state index contributed by atoms with van der Waals surface area (Å²) in [6.07, 6.45) is 1.42. The minimum absolute atomic E-state index is 0.375. The summed E-state index contributed by atoms with van der Waals surface area (Å²) in [7, 11) is 0. The van der Waals surface area contributed by atoms with Crippen molar-refractivity contribution in [1.29, 1.82) is 0 Å². The lowest BCUT2D eigenvalue weighted by Crippen LogP contribution is -1.98. The third kappa shape index (κ3) is 1.81. The summed E-state index contributed by atoms with van der Waals surface area (Å²) in [5, 5.41) is 18.0. The van der Waals surface area contributed by atoms with Gasteiger partial charge in [-0.1, -0.05) is 67.9 Å². The van der Waals surface area contributed by atoms with Crippen LogP contribution in [0.5, 0.6) is 0 Å². The van der Waals surface area contributed by atoms with Crippen LogP contribution in [0.25, 0.3) is 32.3 Å². The quantitative estimate of drug-likeness (QED) is 0.495. The molecular weight excluding hydrogens is 256 g/mol. The van der Waals surface area contributed by atoms with E-state index in [0.717, 1.165) is 18.4 Å². The maximum absolute atomic E-state index is 10.5. The highest BCUT2D eigenvalue weighted by Gasteiger charge is 2.14. The molecule has 0 radical (unpaired) electrons. The number of hydrogen-bond acceptors (Lipinski definition) is 1. The van der Waals surface area contributed by atoms with Gasteiger partial charge in [0.25, 0.3) is 0 Å². The minimum atomic E-state index is -0.375. The van der Waals surface area contributed by atoms with Gasteiger partial charge in [0.2, 0.25) is 0 Å². The molecule has 4 aromatic rings. The van der Waals surface area contributed by atoms with E-state index in [1.165, 1.54) is 32.3 Å². The van der Waals surface area contributed by atoms with Crippen molar-refractivity contribution in [3.8, 4) is 0 Å². The van der Waals surface area contributed by atoms with E-state index in [0.29, 0.717) is 0 Å². The molecule has 1 N–H and O–H groups in total. The normalized spacial score (nSPS) is 13.4. The Morgan fingerprint density at radius 2 is 1.43 bits per heavy atom. The van der Waals surface area contributed by atoms with Crippen molar-refractivity contribution in [3.63, 3.8) is 0 Å². The van der Waals surface area contributed by atoms with Gasteiger partial charge in [-0.2, -0.15) is 0 Å². The monoisotopic (exact) mass is 274 g/mol. The Hall–Kier alpha value is -2.12. The SMILES string of the molecule is CCC[C@@H](O)c1ccc2ccc3cccc4ccc1c2c34. The van der Waals surface area contributed by atoms with Crippen molar-refractivity contribution in [3.05, 3.63) is 60.2 Å². The van der Waals surface area contributed by atoms with Crippen LogP contribution in [-0.4, -0.2) is 5.11 Å². The number of benzene rings is 4. The molecule has 0 saturated heterocycles. The van der Waals surface area contributed by atoms with E-state index in [-0.39, 0.29) is 6.10 Å². The molecule has 104 valence electrons. The molecule has 4 rings (SSSR count). The zero-order chi connectivity index (χ0) is 14.4. The molecule has 0 unspecified atom stereocenters. The Morgan fingerprint density at radius 3 is 2.14 bits per heavy atom. The second kappa shape index (κ2) is 4.71. The number of hydrogen-bond donors (Lipinski definition) is 1. The summed E-state index contributed by atoms with van der Waals surface area (Å²) in [5.74, 6) is 0. The van der Waals surface area contributed by atoms with Crippen molar-refractivity contribution in [2.75, 3.05) is 0 Å². The summed E-state index contributed by atoms with van der Waals surface area (Å²) in [4.78, 5) is 0. The van der Waals surface area contributed by atoms with E-state index in [4.69, 9.17) is 0 Å². The first-order valence-electron chi connectivity index (χ1n) is 7.64. The molecule has 0 aliphatic heterocycles. The highest BCUT2D eigenvalue weighted by atomic mass is 16.3. The van der Waals surface area contributed by atoms with E-state index >= 15 is 0 Å². The van der Waals surface area contributed by atoms with Crippen molar-refractivity contribution in [2.24, 2.45) is 0 Å². The van der Waals surface area contributed by atoms with Crippen LogP contribution in [0.2, 0.25) is 0 Å². The molecule has 0 heterocycles. The fourth-order valence-electron chi connectivity index (χ4n) is 3.48. The third-order valence-electron chi connectivity index (χ3n) is 4.48. The average molecular weight is 274 g/mol. The molecule has 4 aromatic carbocycles. The fraction of sp³-hybridized carbons (Fsp3) is 0.200. The van der Waals surface area contributed by atoms with Gasteiger partial charge < -0.3 is 5.11 Å². The summed E-state index contributed by atoms with van der Waals surface area (Å²) < 4.78 is 0. The van der Waals surface area contributed by atoms with Crippen LogP contribution >= 0.6 is 0 Å². The number of aliphatic hydroxyl groups is 1. The van der Waals surface area contributed by atoms with Gasteiger partial charge in [-0.15, -0.1) is 0 Å². The topological polar surface area (TPSA) is 20.2 Å². The lowest BCUT2D eigenvalue weighted by molar-refractivity contribution is 0.168. The molecule has 0 spiro atoms. The minimum Gasteiger partial charge on any atom is -0.388 e. The van der Waals surface area contributed by atoms with Gasteiger partial charge in [0, 0.05) is 0 Å². The Morgan fingerprint density at radius 1 is 0.810 bits per heavy atom. The fourth-order valence-corrected chi connectivity index (χ4v) is 3.48. The van der Waals surface area contributed by atoms with Gasteiger partial charge in [0.1, 0.15) is 0 Å². The van der Waals surface area contributed by atoms with Gasteiger partial charge >= 0.3 is 0 Å². The molecule has 0 aliphatic carbocycles. The van der Waals surface area contributed by atoms with E-state index in [9.17, 15) is 5.11 Å². The summed E-state index contributed by atoms with van der Waals surface area (Å²) in [6, 6.07) is 19.4. The van der Waals surface area contributed by atoms with Gasteiger partial charge in [0.05, 0.1) is 6.10 Å². The Labute approximate surface area is 124 Å². The molecule has 0 aromatic heterocycles. The molecule has 0 bridgehead atoms. The van der Waals surface area contributed by atoms with Gasteiger partial charge in [-0.05, 0) is 44.3 Å². The predicted molar refractivity (Wildman–Crippen MR) is 90.0 cm³/mol. The van der Waals surface area contributed by atoms with Crippen LogP contribution in [0.3, 0.4) is 0 Å². The van der Waals surface area contributed by atoms with Gasteiger partial charge in [-0.25, -0.2) is 0 Å². The first-order chi connectivity index (χ1) is 10.3. The summed E-state index contributed by atoms with van der Waals surface area (Å²) >= 11 is 0. The Kier molecular flexibility index (Phi) is 2.83.